The van der Waals surface area contributed by atoms with Gasteiger partial charge < -0.3 is 5.32 Å². The Morgan fingerprint density at radius 1 is 1.00 bits per heavy atom. The van der Waals surface area contributed by atoms with Crippen molar-refractivity contribution < 1.29 is 31.2 Å². The molecule has 0 spiro atoms. The lowest BCUT2D eigenvalue weighted by molar-refractivity contribution is -0.134. The Balaban J connectivity index is 0.936. The van der Waals surface area contributed by atoms with Gasteiger partial charge in [-0.1, -0.05) is 29.5 Å². The summed E-state index contributed by atoms with van der Waals surface area (Å²) in [4.78, 5) is 31.2. The third kappa shape index (κ3) is 7.08. The number of sulfonamides is 1. The predicted octanol–water partition coefficient (Wildman–Crippen LogP) is 5.14. The van der Waals surface area contributed by atoms with E-state index in [1.807, 2.05) is 19.2 Å². The van der Waals surface area contributed by atoms with E-state index in [1.54, 1.807) is 22.9 Å². The highest BCUT2D eigenvalue weighted by atomic mass is 32.2. The Labute approximate surface area is 291 Å². The van der Waals surface area contributed by atoms with Crippen molar-refractivity contribution in [1.82, 2.24) is 29.3 Å². The maximum atomic E-state index is 13.6. The summed E-state index contributed by atoms with van der Waals surface area (Å²) in [6.45, 7) is 3.13. The fraction of sp³-hybridized carbons (Fsp3) is 0.455. The number of piperidine rings is 2. The number of amides is 3. The number of urea groups is 1. The number of alkyl halides is 3. The van der Waals surface area contributed by atoms with Gasteiger partial charge in [-0.2, -0.15) is 22.6 Å². The highest BCUT2D eigenvalue weighted by Crippen LogP contribution is 2.36. The number of carbonyl (C=O) groups is 2. The molecule has 0 unspecified atom stereocenters. The molecule has 4 aromatic rings. The number of carbonyl (C=O) groups excluding carboxylic acids is 2. The average Bonchev–Trinajstić information content (AvgIpc) is 3.70. The summed E-state index contributed by atoms with van der Waals surface area (Å²) in [6, 6.07) is 12.7. The lowest BCUT2D eigenvalue weighted by atomic mass is 9.89. The largest absolute Gasteiger partial charge is 0.427 e. The third-order valence-electron chi connectivity index (χ3n) is 9.73. The summed E-state index contributed by atoms with van der Waals surface area (Å²) < 4.78 is 69.1. The number of anilines is 2. The van der Waals surface area contributed by atoms with Gasteiger partial charge in [0.05, 0.1) is 16.6 Å². The zero-order valence-electron chi connectivity index (χ0n) is 27.3. The number of hydrogen-bond acceptors (Lipinski definition) is 9. The topological polar surface area (TPSA) is 133 Å². The number of hydrogen-bond donors (Lipinski definition) is 2. The summed E-state index contributed by atoms with van der Waals surface area (Å²) in [5.41, 5.74) is 3.04. The van der Waals surface area contributed by atoms with Crippen LogP contribution in [0.4, 0.5) is 28.9 Å². The molecule has 12 nitrogen and oxygen atoms in total. The summed E-state index contributed by atoms with van der Waals surface area (Å²) in [5.74, 6) is 0.596. The molecule has 3 fully saturated rings. The molecule has 0 aliphatic carbocycles. The summed E-state index contributed by atoms with van der Waals surface area (Å²) in [5, 5.41) is 11.0. The van der Waals surface area contributed by atoms with Gasteiger partial charge in [0, 0.05) is 51.1 Å². The number of imide groups is 1. The second-order valence-electron chi connectivity index (χ2n) is 13.0. The maximum Gasteiger partial charge on any atom is 0.427 e. The molecular weight excluding hydrogens is 694 g/mol. The molecule has 17 heteroatoms. The monoisotopic (exact) mass is 730 g/mol. The molecule has 0 saturated carbocycles. The molecule has 0 atom stereocenters. The molecule has 5 heterocycles. The smallest absolute Gasteiger partial charge is 0.359 e. The first-order valence-corrected chi connectivity index (χ1v) is 18.8. The Morgan fingerprint density at radius 2 is 1.76 bits per heavy atom. The molecule has 0 radical (unpaired) electrons. The number of halogens is 3. The van der Waals surface area contributed by atoms with E-state index in [0.29, 0.717) is 42.5 Å². The van der Waals surface area contributed by atoms with Crippen LogP contribution in [0.5, 0.6) is 0 Å². The Morgan fingerprint density at radius 3 is 2.46 bits per heavy atom. The highest BCUT2D eigenvalue weighted by molar-refractivity contribution is 7.89. The van der Waals surface area contributed by atoms with Crippen LogP contribution in [0.15, 0.2) is 53.6 Å². The van der Waals surface area contributed by atoms with E-state index in [0.717, 1.165) is 48.6 Å². The molecule has 7 rings (SSSR count). The van der Waals surface area contributed by atoms with Gasteiger partial charge in [-0.3, -0.25) is 24.6 Å². The zero-order chi connectivity index (χ0) is 35.2. The minimum atomic E-state index is -4.44. The van der Waals surface area contributed by atoms with Crippen molar-refractivity contribution in [3.63, 3.8) is 0 Å². The fourth-order valence-corrected chi connectivity index (χ4v) is 9.30. The van der Waals surface area contributed by atoms with Crippen molar-refractivity contribution in [2.24, 2.45) is 7.05 Å². The van der Waals surface area contributed by atoms with E-state index in [4.69, 9.17) is 0 Å². The Hall–Kier alpha value is -4.06. The number of aryl methyl sites for hydroxylation is 1. The fourth-order valence-electron chi connectivity index (χ4n) is 7.00. The number of likely N-dealkylation sites (tertiary alicyclic amines) is 1. The molecule has 3 saturated heterocycles. The first-order chi connectivity index (χ1) is 23.8. The van der Waals surface area contributed by atoms with Gasteiger partial charge in [0.15, 0.2) is 10.9 Å². The van der Waals surface area contributed by atoms with E-state index in [2.05, 4.69) is 37.7 Å². The van der Waals surface area contributed by atoms with E-state index in [-0.39, 0.29) is 48.0 Å². The molecule has 3 aliphatic heterocycles. The average molecular weight is 731 g/mol. The van der Waals surface area contributed by atoms with Crippen LogP contribution >= 0.6 is 11.3 Å². The number of aromatic nitrogens is 3. The van der Waals surface area contributed by atoms with Crippen molar-refractivity contribution in [2.75, 3.05) is 42.9 Å². The van der Waals surface area contributed by atoms with Crippen molar-refractivity contribution >= 4 is 55.2 Å². The van der Waals surface area contributed by atoms with Gasteiger partial charge in [0.25, 0.3) is 0 Å². The Bertz CT molecular complexity index is 2020. The van der Waals surface area contributed by atoms with Crippen LogP contribution in [0.3, 0.4) is 0 Å². The van der Waals surface area contributed by atoms with Gasteiger partial charge in [-0.15, -0.1) is 0 Å². The molecule has 3 amide bonds. The molecule has 2 aromatic heterocycles. The minimum Gasteiger partial charge on any atom is -0.359 e. The molecule has 50 heavy (non-hydrogen) atoms. The standard InChI is InChI=1S/C33H37F3N8O4S2/c1-41-27-18-23(5-6-26(27)30(40-41)44-16-11-29(45)39-32(44)46)22-7-12-42(13-8-22)20-21-3-2-4-25(17-21)50(47,48)43-14-9-24(10-15-43)38-31-37-19-28(49-31)33(34,35)36/h2-6,17-19,22,24H,7-16,20H2,1H3,(H,37,38)(H,39,45,46). The molecule has 0 bridgehead atoms. The van der Waals surface area contributed by atoms with Crippen molar-refractivity contribution in [3.8, 4) is 0 Å². The summed E-state index contributed by atoms with van der Waals surface area (Å²) in [7, 11) is -1.89. The highest BCUT2D eigenvalue weighted by Gasteiger charge is 2.35. The van der Waals surface area contributed by atoms with Crippen molar-refractivity contribution in [3.05, 3.63) is 64.7 Å². The second kappa shape index (κ2) is 13.6. The normalized spacial score (nSPS) is 19.3. The third-order valence-corrected chi connectivity index (χ3v) is 12.6. The van der Waals surface area contributed by atoms with Crippen LogP contribution in [-0.2, 0) is 34.6 Å². The zero-order valence-corrected chi connectivity index (χ0v) is 29.0. The molecule has 2 N–H and O–H groups in total. The number of rotatable bonds is 8. The second-order valence-corrected chi connectivity index (χ2v) is 16.0. The van der Waals surface area contributed by atoms with E-state index < -0.39 is 27.1 Å². The Kier molecular flexibility index (Phi) is 9.34. The van der Waals surface area contributed by atoms with Crippen LogP contribution in [-0.4, -0.2) is 83.1 Å². The van der Waals surface area contributed by atoms with Crippen LogP contribution in [0.2, 0.25) is 0 Å². The van der Waals surface area contributed by atoms with Gasteiger partial charge >= 0.3 is 12.2 Å². The predicted molar refractivity (Wildman–Crippen MR) is 182 cm³/mol. The van der Waals surface area contributed by atoms with E-state index in [9.17, 15) is 31.2 Å². The minimum absolute atomic E-state index is 0.165. The van der Waals surface area contributed by atoms with Gasteiger partial charge in [-0.05, 0) is 80.1 Å². The molecule has 2 aromatic carbocycles. The number of nitrogens with one attached hydrogen (secondary N) is 2. The van der Waals surface area contributed by atoms with Crippen LogP contribution in [0.1, 0.15) is 54.0 Å². The number of thiazole rings is 1. The first-order valence-electron chi connectivity index (χ1n) is 16.5. The lowest BCUT2D eigenvalue weighted by Crippen LogP contribution is -2.49. The molecule has 266 valence electrons. The van der Waals surface area contributed by atoms with Crippen molar-refractivity contribution in [1.29, 1.82) is 0 Å². The van der Waals surface area contributed by atoms with Gasteiger partial charge in [-0.25, -0.2) is 18.2 Å². The van der Waals surface area contributed by atoms with E-state index >= 15 is 0 Å². The summed E-state index contributed by atoms with van der Waals surface area (Å²) in [6.07, 6.45) is -0.606. The molecule has 3 aliphatic rings. The van der Waals surface area contributed by atoms with Crippen molar-refractivity contribution in [2.45, 2.75) is 61.7 Å². The first kappa shape index (κ1) is 34.4. The number of nitrogens with zero attached hydrogens (tertiary/aromatic N) is 6. The molecular formula is C33H37F3N8O4S2. The lowest BCUT2D eigenvalue weighted by Gasteiger charge is -2.33. The maximum absolute atomic E-state index is 13.6. The summed E-state index contributed by atoms with van der Waals surface area (Å²) >= 11 is 0.551. The van der Waals surface area contributed by atoms with Gasteiger partial charge in [0.1, 0.15) is 4.88 Å². The SMILES string of the molecule is Cn1nc(N2CCC(=O)NC2=O)c2ccc(C3CCN(Cc4cccc(S(=O)(=O)N5CCC(Nc6ncc(C(F)(F)F)s6)CC5)c4)CC3)cc21. The number of benzene rings is 2. The number of fused-ring (bicyclic) bond motifs is 1. The van der Waals surface area contributed by atoms with E-state index in [1.165, 1.54) is 14.8 Å². The van der Waals surface area contributed by atoms with Gasteiger partial charge in [0.2, 0.25) is 15.9 Å². The van der Waals surface area contributed by atoms with Crippen LogP contribution < -0.4 is 15.5 Å². The van der Waals surface area contributed by atoms with Crippen LogP contribution in [0.25, 0.3) is 10.9 Å². The van der Waals surface area contributed by atoms with Crippen LogP contribution in [0, 0.1) is 0 Å². The quantitative estimate of drug-likeness (QED) is 0.255.